The molecule has 0 aromatic heterocycles. The topological polar surface area (TPSA) is 81.8 Å². The van der Waals surface area contributed by atoms with Crippen LogP contribution >= 0.6 is 11.6 Å². The van der Waals surface area contributed by atoms with E-state index in [1.165, 1.54) is 4.90 Å². The van der Waals surface area contributed by atoms with Gasteiger partial charge in [0.1, 0.15) is 6.54 Å². The van der Waals surface area contributed by atoms with E-state index in [0.717, 1.165) is 0 Å². The van der Waals surface area contributed by atoms with Crippen LogP contribution in [0.2, 0.25) is 5.02 Å². The summed E-state index contributed by atoms with van der Waals surface area (Å²) in [4.78, 5) is 40.3. The number of nitrogens with one attached hydrogen (secondary N) is 2. The third-order valence-electron chi connectivity index (χ3n) is 4.60. The first-order chi connectivity index (χ1) is 13.4. The lowest BCUT2D eigenvalue weighted by Crippen LogP contribution is -2.51. The van der Waals surface area contributed by atoms with Crippen LogP contribution in [0.3, 0.4) is 0 Å². The Morgan fingerprint density at radius 2 is 1.89 bits per heavy atom. The number of rotatable bonds is 5. The largest absolute Gasteiger partial charge is 0.324 e. The van der Waals surface area contributed by atoms with Crippen molar-refractivity contribution in [1.29, 1.82) is 0 Å². The van der Waals surface area contributed by atoms with Crippen molar-refractivity contribution in [3.05, 3.63) is 53.6 Å². The Morgan fingerprint density at radius 3 is 2.64 bits per heavy atom. The molecule has 8 heteroatoms. The maximum absolute atomic E-state index is 13.0. The fourth-order valence-electron chi connectivity index (χ4n) is 2.96. The van der Waals surface area contributed by atoms with Crippen LogP contribution in [0.1, 0.15) is 6.92 Å². The number of carbonyl (C=O) groups excluding carboxylic acids is 3. The minimum absolute atomic E-state index is 0.000185. The number of amides is 3. The number of halogens is 1. The molecule has 7 nitrogen and oxygen atoms in total. The lowest BCUT2D eigenvalue weighted by molar-refractivity contribution is -0.126. The van der Waals surface area contributed by atoms with Crippen LogP contribution in [0.5, 0.6) is 0 Å². The number of anilines is 3. The normalized spacial score (nSPS) is 14.3. The van der Waals surface area contributed by atoms with Crippen molar-refractivity contribution in [2.75, 3.05) is 35.7 Å². The second kappa shape index (κ2) is 8.41. The summed E-state index contributed by atoms with van der Waals surface area (Å²) in [7, 11) is 1.69. The van der Waals surface area contributed by atoms with Crippen LogP contribution < -0.4 is 15.5 Å². The van der Waals surface area contributed by atoms with E-state index >= 15 is 0 Å². The smallest absolute Gasteiger partial charge is 0.244 e. The third-order valence-corrected chi connectivity index (χ3v) is 4.93. The van der Waals surface area contributed by atoms with Gasteiger partial charge in [-0.15, -0.1) is 0 Å². The van der Waals surface area contributed by atoms with Gasteiger partial charge in [-0.05, 0) is 38.2 Å². The van der Waals surface area contributed by atoms with E-state index < -0.39 is 6.04 Å². The lowest BCUT2D eigenvalue weighted by Gasteiger charge is -2.33. The maximum Gasteiger partial charge on any atom is 0.244 e. The highest BCUT2D eigenvalue weighted by Gasteiger charge is 2.31. The number of hydrogen-bond donors (Lipinski definition) is 2. The minimum atomic E-state index is -0.601. The molecule has 0 aliphatic carbocycles. The molecule has 0 bridgehead atoms. The van der Waals surface area contributed by atoms with Crippen LogP contribution in [-0.2, 0) is 14.4 Å². The van der Waals surface area contributed by atoms with Crippen molar-refractivity contribution < 1.29 is 14.4 Å². The highest BCUT2D eigenvalue weighted by Crippen LogP contribution is 2.29. The molecule has 1 aliphatic heterocycles. The Balaban J connectivity index is 1.67. The van der Waals surface area contributed by atoms with Gasteiger partial charge in [-0.3, -0.25) is 24.2 Å². The summed E-state index contributed by atoms with van der Waals surface area (Å²) in [5.41, 5.74) is 1.76. The van der Waals surface area contributed by atoms with Gasteiger partial charge in [0.2, 0.25) is 17.7 Å². The van der Waals surface area contributed by atoms with Crippen LogP contribution in [0.25, 0.3) is 0 Å². The fourth-order valence-corrected chi connectivity index (χ4v) is 3.14. The molecule has 2 aromatic carbocycles. The standard InChI is InChI=1S/C20H21ClN4O3/c1-13(24(2)11-18(26)22-15-8-4-3-7-14(15)21)20(28)25-12-19(27)23-16-9-5-6-10-17(16)25/h3-10,13H,11-12H2,1-2H3,(H,22,26)(H,23,27)/t13-/m0/s1. The molecule has 3 amide bonds. The molecule has 0 spiro atoms. The first-order valence-electron chi connectivity index (χ1n) is 8.81. The molecular weight excluding hydrogens is 380 g/mol. The second-order valence-electron chi connectivity index (χ2n) is 6.61. The molecule has 2 N–H and O–H groups in total. The predicted octanol–water partition coefficient (Wildman–Crippen LogP) is 2.58. The Morgan fingerprint density at radius 1 is 1.21 bits per heavy atom. The molecule has 3 rings (SSSR count). The van der Waals surface area contributed by atoms with Gasteiger partial charge in [0.15, 0.2) is 0 Å². The van der Waals surface area contributed by atoms with E-state index in [1.807, 2.05) is 6.07 Å². The average molecular weight is 401 g/mol. The molecule has 28 heavy (non-hydrogen) atoms. The van der Waals surface area contributed by atoms with E-state index in [0.29, 0.717) is 22.1 Å². The highest BCUT2D eigenvalue weighted by atomic mass is 35.5. The minimum Gasteiger partial charge on any atom is -0.324 e. The van der Waals surface area contributed by atoms with E-state index in [-0.39, 0.29) is 30.8 Å². The third kappa shape index (κ3) is 4.32. The fraction of sp³-hybridized carbons (Fsp3) is 0.250. The van der Waals surface area contributed by atoms with Crippen LogP contribution in [0.4, 0.5) is 17.1 Å². The SMILES string of the molecule is C[C@@H](C(=O)N1CC(=O)Nc2ccccc21)N(C)CC(=O)Nc1ccccc1Cl. The van der Waals surface area contributed by atoms with E-state index in [1.54, 1.807) is 61.3 Å². The first kappa shape index (κ1) is 19.9. The molecule has 146 valence electrons. The van der Waals surface area contributed by atoms with Crippen molar-refractivity contribution in [3.8, 4) is 0 Å². The summed E-state index contributed by atoms with van der Waals surface area (Å²) in [5.74, 6) is -0.791. The van der Waals surface area contributed by atoms with E-state index in [2.05, 4.69) is 10.6 Å². The molecule has 0 fully saturated rings. The molecule has 2 aromatic rings. The Hall–Kier alpha value is -2.90. The van der Waals surface area contributed by atoms with E-state index in [9.17, 15) is 14.4 Å². The van der Waals surface area contributed by atoms with Gasteiger partial charge in [-0.1, -0.05) is 35.9 Å². The zero-order chi connectivity index (χ0) is 20.3. The van der Waals surface area contributed by atoms with Gasteiger partial charge in [0.05, 0.1) is 34.7 Å². The number of hydrogen-bond acceptors (Lipinski definition) is 4. The molecule has 1 aliphatic rings. The zero-order valence-electron chi connectivity index (χ0n) is 15.6. The van der Waals surface area contributed by atoms with Gasteiger partial charge in [-0.25, -0.2) is 0 Å². The quantitative estimate of drug-likeness (QED) is 0.808. The number of para-hydroxylation sites is 3. The number of fused-ring (bicyclic) bond motifs is 1. The number of benzene rings is 2. The van der Waals surface area contributed by atoms with E-state index in [4.69, 9.17) is 11.6 Å². The molecule has 1 atom stereocenters. The van der Waals surface area contributed by atoms with Crippen LogP contribution in [0, 0.1) is 0 Å². The maximum atomic E-state index is 13.0. The molecular formula is C20H21ClN4O3. The van der Waals surface area contributed by atoms with Crippen molar-refractivity contribution in [3.63, 3.8) is 0 Å². The van der Waals surface area contributed by atoms with Crippen molar-refractivity contribution >= 4 is 46.4 Å². The van der Waals surface area contributed by atoms with Crippen molar-refractivity contribution in [2.24, 2.45) is 0 Å². The van der Waals surface area contributed by atoms with Crippen molar-refractivity contribution in [2.45, 2.75) is 13.0 Å². The summed E-state index contributed by atoms with van der Waals surface area (Å²) in [6.07, 6.45) is 0. The second-order valence-corrected chi connectivity index (χ2v) is 7.02. The number of likely N-dealkylation sites (N-methyl/N-ethyl adjacent to an activating group) is 1. The van der Waals surface area contributed by atoms with Gasteiger partial charge < -0.3 is 10.6 Å². The van der Waals surface area contributed by atoms with Gasteiger partial charge in [0.25, 0.3) is 0 Å². The molecule has 0 saturated heterocycles. The highest BCUT2D eigenvalue weighted by molar-refractivity contribution is 6.33. The van der Waals surface area contributed by atoms with Crippen LogP contribution in [0.15, 0.2) is 48.5 Å². The summed E-state index contributed by atoms with van der Waals surface area (Å²) in [6.45, 7) is 1.65. The average Bonchev–Trinajstić information content (AvgIpc) is 2.67. The van der Waals surface area contributed by atoms with Gasteiger partial charge in [-0.2, -0.15) is 0 Å². The zero-order valence-corrected chi connectivity index (χ0v) is 16.4. The number of carbonyl (C=O) groups is 3. The van der Waals surface area contributed by atoms with Gasteiger partial charge in [0, 0.05) is 0 Å². The predicted molar refractivity (Wildman–Crippen MR) is 110 cm³/mol. The number of nitrogens with zero attached hydrogens (tertiary/aromatic N) is 2. The molecule has 0 unspecified atom stereocenters. The molecule has 0 saturated carbocycles. The first-order valence-corrected chi connectivity index (χ1v) is 9.19. The summed E-state index contributed by atoms with van der Waals surface area (Å²) < 4.78 is 0. The monoisotopic (exact) mass is 400 g/mol. The lowest BCUT2D eigenvalue weighted by atomic mass is 10.1. The van der Waals surface area contributed by atoms with Crippen molar-refractivity contribution in [1.82, 2.24) is 4.90 Å². The molecule has 1 heterocycles. The summed E-state index contributed by atoms with van der Waals surface area (Å²) >= 11 is 6.05. The van der Waals surface area contributed by atoms with Crippen LogP contribution in [-0.4, -0.2) is 48.8 Å². The Kier molecular flexibility index (Phi) is 5.96. The Bertz CT molecular complexity index is 918. The molecule has 0 radical (unpaired) electrons. The summed E-state index contributed by atoms with van der Waals surface area (Å²) in [6, 6.07) is 13.5. The summed E-state index contributed by atoms with van der Waals surface area (Å²) in [5, 5.41) is 5.93. The Labute approximate surface area is 168 Å². The van der Waals surface area contributed by atoms with Gasteiger partial charge >= 0.3 is 0 Å².